The number of nitrogen functional groups attached to an aromatic ring is 1. The lowest BCUT2D eigenvalue weighted by atomic mass is 10.1. The number of nitrogens with zero attached hydrogens (tertiary/aromatic N) is 2. The third kappa shape index (κ3) is 2.08. The maximum atomic E-state index is 10.2. The van der Waals surface area contributed by atoms with Crippen LogP contribution in [-0.2, 0) is 0 Å². The van der Waals surface area contributed by atoms with Gasteiger partial charge in [0.15, 0.2) is 0 Å². The van der Waals surface area contributed by atoms with Crippen molar-refractivity contribution in [3.63, 3.8) is 0 Å². The van der Waals surface area contributed by atoms with E-state index in [2.05, 4.69) is 26.6 Å². The second kappa shape index (κ2) is 4.49. The van der Waals surface area contributed by atoms with Gasteiger partial charge in [-0.15, -0.1) is 0 Å². The van der Waals surface area contributed by atoms with Gasteiger partial charge in [-0.25, -0.2) is 4.98 Å². The van der Waals surface area contributed by atoms with Gasteiger partial charge in [0.2, 0.25) is 0 Å². The van der Waals surface area contributed by atoms with Crippen LogP contribution in [0.5, 0.6) is 5.75 Å². The maximum absolute atomic E-state index is 10.2. The van der Waals surface area contributed by atoms with Gasteiger partial charge in [-0.3, -0.25) is 0 Å². The number of hydrogen-bond donors (Lipinski definition) is 2. The molecule has 0 amide bonds. The van der Waals surface area contributed by atoms with Crippen LogP contribution in [0.4, 0.5) is 5.69 Å². The fourth-order valence-electron chi connectivity index (χ4n) is 2.70. The van der Waals surface area contributed by atoms with Crippen molar-refractivity contribution in [2.24, 2.45) is 0 Å². The van der Waals surface area contributed by atoms with Crippen LogP contribution >= 0.6 is 15.9 Å². The first kappa shape index (κ1) is 12.7. The van der Waals surface area contributed by atoms with Crippen molar-refractivity contribution < 1.29 is 5.11 Å². The first-order valence-electron chi connectivity index (χ1n) is 6.90. The Morgan fingerprint density at radius 1 is 1.19 bits per heavy atom. The average molecular weight is 344 g/mol. The van der Waals surface area contributed by atoms with Crippen LogP contribution in [0.3, 0.4) is 0 Å². The molecule has 1 fully saturated rings. The van der Waals surface area contributed by atoms with Gasteiger partial charge in [-0.05, 0) is 43.2 Å². The molecule has 0 spiro atoms. The lowest BCUT2D eigenvalue weighted by molar-refractivity contribution is 0.477. The summed E-state index contributed by atoms with van der Waals surface area (Å²) in [6.45, 7) is 0. The molecule has 3 aromatic rings. The highest BCUT2D eigenvalue weighted by molar-refractivity contribution is 9.10. The van der Waals surface area contributed by atoms with Crippen LogP contribution in [0.2, 0.25) is 0 Å². The lowest BCUT2D eigenvalue weighted by Gasteiger charge is -2.09. The van der Waals surface area contributed by atoms with Crippen LogP contribution in [0.25, 0.3) is 22.4 Å². The number of imidazole rings is 1. The van der Waals surface area contributed by atoms with Crippen molar-refractivity contribution in [3.05, 3.63) is 40.9 Å². The fourth-order valence-corrected chi connectivity index (χ4v) is 3.05. The molecule has 3 N–H and O–H groups in total. The van der Waals surface area contributed by atoms with Gasteiger partial charge < -0.3 is 15.4 Å². The van der Waals surface area contributed by atoms with Crippen LogP contribution in [0, 0.1) is 0 Å². The summed E-state index contributed by atoms with van der Waals surface area (Å²) < 4.78 is 3.23. The van der Waals surface area contributed by atoms with E-state index in [1.807, 2.05) is 18.2 Å². The zero-order valence-corrected chi connectivity index (χ0v) is 12.8. The SMILES string of the molecule is Nc1ccc(-c2nc3cc(Br)ccc3n2C2CC2)c(O)c1. The summed E-state index contributed by atoms with van der Waals surface area (Å²) in [5.41, 5.74) is 9.03. The van der Waals surface area contributed by atoms with Crippen LogP contribution in [0.1, 0.15) is 18.9 Å². The van der Waals surface area contributed by atoms with Crippen molar-refractivity contribution in [2.75, 3.05) is 5.73 Å². The highest BCUT2D eigenvalue weighted by atomic mass is 79.9. The summed E-state index contributed by atoms with van der Waals surface area (Å²) in [5.74, 6) is 0.981. The number of aromatic hydroxyl groups is 1. The highest BCUT2D eigenvalue weighted by Gasteiger charge is 2.29. The van der Waals surface area contributed by atoms with Crippen molar-refractivity contribution in [3.8, 4) is 17.1 Å². The van der Waals surface area contributed by atoms with E-state index in [1.54, 1.807) is 12.1 Å². The quantitative estimate of drug-likeness (QED) is 0.689. The van der Waals surface area contributed by atoms with E-state index in [4.69, 9.17) is 10.7 Å². The number of phenols is 1. The third-order valence-electron chi connectivity index (χ3n) is 3.83. The van der Waals surface area contributed by atoms with Gasteiger partial charge in [-0.2, -0.15) is 0 Å². The molecule has 5 heteroatoms. The van der Waals surface area contributed by atoms with Gasteiger partial charge in [-0.1, -0.05) is 15.9 Å². The molecule has 4 rings (SSSR count). The second-order valence-electron chi connectivity index (χ2n) is 5.45. The Labute approximate surface area is 130 Å². The predicted molar refractivity (Wildman–Crippen MR) is 87.2 cm³/mol. The Morgan fingerprint density at radius 2 is 2.00 bits per heavy atom. The predicted octanol–water partition coefficient (Wildman–Crippen LogP) is 4.09. The Bertz CT molecular complexity index is 852. The van der Waals surface area contributed by atoms with E-state index in [-0.39, 0.29) is 5.75 Å². The standard InChI is InChI=1S/C16H14BrN3O/c17-9-1-6-14-13(7-9)19-16(20(14)11-3-4-11)12-5-2-10(18)8-15(12)21/h1-2,5-8,11,21H,3-4,18H2. The molecule has 0 bridgehead atoms. The number of phenolic OH excluding ortho intramolecular Hbond substituents is 1. The number of hydrogen-bond acceptors (Lipinski definition) is 3. The molecule has 4 nitrogen and oxygen atoms in total. The van der Waals surface area contributed by atoms with E-state index in [9.17, 15) is 5.11 Å². The molecule has 1 saturated carbocycles. The zero-order chi connectivity index (χ0) is 14.6. The first-order chi connectivity index (χ1) is 10.1. The average Bonchev–Trinajstić information content (AvgIpc) is 3.20. The minimum Gasteiger partial charge on any atom is -0.507 e. The maximum Gasteiger partial charge on any atom is 0.145 e. The molecule has 21 heavy (non-hydrogen) atoms. The number of fused-ring (bicyclic) bond motifs is 1. The van der Waals surface area contributed by atoms with Gasteiger partial charge >= 0.3 is 0 Å². The van der Waals surface area contributed by atoms with E-state index < -0.39 is 0 Å². The number of rotatable bonds is 2. The van der Waals surface area contributed by atoms with Gasteiger partial charge in [0.1, 0.15) is 11.6 Å². The number of anilines is 1. The number of nitrogens with two attached hydrogens (primary N) is 1. The van der Waals surface area contributed by atoms with Crippen LogP contribution in [0.15, 0.2) is 40.9 Å². The number of benzene rings is 2. The molecule has 0 aliphatic heterocycles. The number of halogens is 1. The largest absolute Gasteiger partial charge is 0.507 e. The molecule has 0 atom stereocenters. The highest BCUT2D eigenvalue weighted by Crippen LogP contribution is 2.43. The zero-order valence-electron chi connectivity index (χ0n) is 11.3. The topological polar surface area (TPSA) is 64.1 Å². The molecule has 1 aliphatic carbocycles. The Kier molecular flexibility index (Phi) is 2.72. The summed E-state index contributed by atoms with van der Waals surface area (Å²) in [4.78, 5) is 4.73. The minimum absolute atomic E-state index is 0.172. The smallest absolute Gasteiger partial charge is 0.145 e. The molecule has 1 heterocycles. The summed E-state index contributed by atoms with van der Waals surface area (Å²) in [7, 11) is 0. The molecule has 106 valence electrons. The minimum atomic E-state index is 0.172. The summed E-state index contributed by atoms with van der Waals surface area (Å²) in [6, 6.07) is 11.8. The molecule has 1 aromatic heterocycles. The van der Waals surface area contributed by atoms with Gasteiger partial charge in [0.25, 0.3) is 0 Å². The Hall–Kier alpha value is -2.01. The van der Waals surface area contributed by atoms with E-state index >= 15 is 0 Å². The fraction of sp³-hybridized carbons (Fsp3) is 0.188. The van der Waals surface area contributed by atoms with Crippen LogP contribution < -0.4 is 5.73 Å². The van der Waals surface area contributed by atoms with E-state index in [1.165, 1.54) is 0 Å². The lowest BCUT2D eigenvalue weighted by Crippen LogP contribution is -1.98. The molecular formula is C16H14BrN3O. The summed E-state index contributed by atoms with van der Waals surface area (Å²) in [5, 5.41) is 10.2. The molecular weight excluding hydrogens is 330 g/mol. The molecule has 1 aliphatic rings. The monoisotopic (exact) mass is 343 g/mol. The summed E-state index contributed by atoms with van der Waals surface area (Å²) in [6.07, 6.45) is 2.31. The van der Waals surface area contributed by atoms with E-state index in [0.717, 1.165) is 39.7 Å². The number of aromatic nitrogens is 2. The third-order valence-corrected chi connectivity index (χ3v) is 4.32. The Morgan fingerprint density at radius 3 is 2.71 bits per heavy atom. The van der Waals surface area contributed by atoms with Crippen LogP contribution in [-0.4, -0.2) is 14.7 Å². The molecule has 0 saturated heterocycles. The summed E-state index contributed by atoms with van der Waals surface area (Å²) >= 11 is 3.48. The first-order valence-corrected chi connectivity index (χ1v) is 7.69. The van der Waals surface area contributed by atoms with Crippen molar-refractivity contribution in [2.45, 2.75) is 18.9 Å². The molecule has 0 unspecified atom stereocenters. The van der Waals surface area contributed by atoms with Gasteiger partial charge in [0, 0.05) is 22.3 Å². The Balaban J connectivity index is 2.01. The van der Waals surface area contributed by atoms with Gasteiger partial charge in [0.05, 0.1) is 16.6 Å². The van der Waals surface area contributed by atoms with E-state index in [0.29, 0.717) is 11.7 Å². The molecule has 0 radical (unpaired) electrons. The normalized spacial score (nSPS) is 14.7. The van der Waals surface area contributed by atoms with Crippen molar-refractivity contribution in [1.82, 2.24) is 9.55 Å². The van der Waals surface area contributed by atoms with Crippen molar-refractivity contribution in [1.29, 1.82) is 0 Å². The second-order valence-corrected chi connectivity index (χ2v) is 6.36. The van der Waals surface area contributed by atoms with Crippen molar-refractivity contribution >= 4 is 32.7 Å². The molecule has 2 aromatic carbocycles.